The van der Waals surface area contributed by atoms with Gasteiger partial charge in [-0.2, -0.15) is 0 Å². The van der Waals surface area contributed by atoms with E-state index >= 15 is 0 Å². The Labute approximate surface area is 143 Å². The first kappa shape index (κ1) is 15.8. The fourth-order valence-electron chi connectivity index (χ4n) is 2.76. The molecule has 0 amide bonds. The molecule has 0 aromatic heterocycles. The summed E-state index contributed by atoms with van der Waals surface area (Å²) < 4.78 is 2.21. The molecule has 0 aromatic carbocycles. The summed E-state index contributed by atoms with van der Waals surface area (Å²) in [6.45, 7) is 0.967. The highest BCUT2D eigenvalue weighted by atomic mass is 127. The van der Waals surface area contributed by atoms with Crippen molar-refractivity contribution < 1.29 is 0 Å². The molecule has 0 saturated carbocycles. The maximum absolute atomic E-state index is 6.09. The van der Waals surface area contributed by atoms with Gasteiger partial charge in [0.25, 0.3) is 0 Å². The largest absolute Gasteiger partial charge is 0.387 e. The van der Waals surface area contributed by atoms with Crippen molar-refractivity contribution in [3.05, 3.63) is 0 Å². The lowest BCUT2D eigenvalue weighted by Gasteiger charge is -2.36. The minimum absolute atomic E-state index is 0.196. The Balaban J connectivity index is 2.09. The number of amidine groups is 2. The topological polar surface area (TPSA) is 54.0 Å². The van der Waals surface area contributed by atoms with Crippen LogP contribution in [0, 0.1) is 11.8 Å². The average Bonchev–Trinajstić information content (AvgIpc) is 2.46. The van der Waals surface area contributed by atoms with Gasteiger partial charge in [0.15, 0.2) is 0 Å². The van der Waals surface area contributed by atoms with Crippen molar-refractivity contribution in [2.24, 2.45) is 27.6 Å². The maximum Gasteiger partial charge on any atom is 0.123 e. The first-order valence-corrected chi connectivity index (χ1v) is 9.94. The monoisotopic (exact) mass is 488 g/mol. The SMILES string of the molecule is CN(C1=NCCCC1CI)C1CCC(CI)C(N)=N1. The summed E-state index contributed by atoms with van der Waals surface area (Å²) in [7, 11) is 2.13. The van der Waals surface area contributed by atoms with Crippen molar-refractivity contribution in [3.8, 4) is 0 Å². The molecule has 2 aliphatic heterocycles. The molecular weight excluding hydrogens is 466 g/mol. The first-order chi connectivity index (χ1) is 9.17. The second-order valence-electron chi connectivity index (χ2n) is 5.31. The van der Waals surface area contributed by atoms with Crippen LogP contribution >= 0.6 is 45.2 Å². The van der Waals surface area contributed by atoms with Crippen molar-refractivity contribution >= 4 is 56.9 Å². The third kappa shape index (κ3) is 3.74. The summed E-state index contributed by atoms with van der Waals surface area (Å²) >= 11 is 4.87. The van der Waals surface area contributed by atoms with E-state index in [0.717, 1.165) is 34.1 Å². The van der Waals surface area contributed by atoms with Crippen LogP contribution in [0.5, 0.6) is 0 Å². The second-order valence-corrected chi connectivity index (χ2v) is 7.07. The van der Waals surface area contributed by atoms with Gasteiger partial charge in [-0.05, 0) is 25.7 Å². The van der Waals surface area contributed by atoms with Gasteiger partial charge < -0.3 is 10.6 Å². The quantitative estimate of drug-likeness (QED) is 0.491. The molecule has 2 rings (SSSR count). The number of nitrogens with zero attached hydrogens (tertiary/aromatic N) is 3. The Kier molecular flexibility index (Phi) is 6.16. The molecule has 4 nitrogen and oxygen atoms in total. The Hall–Kier alpha value is 0.400. The molecule has 2 N–H and O–H groups in total. The zero-order valence-electron chi connectivity index (χ0n) is 11.4. The minimum atomic E-state index is 0.196. The van der Waals surface area contributed by atoms with E-state index in [2.05, 4.69) is 57.1 Å². The van der Waals surface area contributed by atoms with Gasteiger partial charge in [0, 0.05) is 34.3 Å². The predicted molar refractivity (Wildman–Crippen MR) is 98.7 cm³/mol. The van der Waals surface area contributed by atoms with Crippen molar-refractivity contribution in [1.29, 1.82) is 0 Å². The lowest BCUT2D eigenvalue weighted by molar-refractivity contribution is 0.308. The van der Waals surface area contributed by atoms with Gasteiger partial charge in [0.2, 0.25) is 0 Å². The molecule has 2 heterocycles. The highest BCUT2D eigenvalue weighted by molar-refractivity contribution is 14.1. The van der Waals surface area contributed by atoms with E-state index in [1.54, 1.807) is 0 Å². The van der Waals surface area contributed by atoms with Crippen LogP contribution in [0.1, 0.15) is 25.7 Å². The molecule has 2 aliphatic rings. The zero-order chi connectivity index (χ0) is 13.8. The van der Waals surface area contributed by atoms with Crippen LogP contribution < -0.4 is 5.73 Å². The van der Waals surface area contributed by atoms with E-state index < -0.39 is 0 Å². The van der Waals surface area contributed by atoms with Crippen LogP contribution in [0.25, 0.3) is 0 Å². The molecule has 19 heavy (non-hydrogen) atoms. The lowest BCUT2D eigenvalue weighted by Crippen LogP contribution is -2.45. The van der Waals surface area contributed by atoms with Crippen LogP contribution in [0.3, 0.4) is 0 Å². The molecule has 3 unspecified atom stereocenters. The number of halogens is 2. The van der Waals surface area contributed by atoms with Gasteiger partial charge in [0.1, 0.15) is 17.8 Å². The lowest BCUT2D eigenvalue weighted by atomic mass is 9.97. The first-order valence-electron chi connectivity index (χ1n) is 6.89. The zero-order valence-corrected chi connectivity index (χ0v) is 15.7. The number of hydrogen-bond acceptors (Lipinski definition) is 4. The smallest absolute Gasteiger partial charge is 0.123 e. The van der Waals surface area contributed by atoms with Gasteiger partial charge in [-0.1, -0.05) is 45.2 Å². The summed E-state index contributed by atoms with van der Waals surface area (Å²) in [5.74, 6) is 3.15. The molecule has 0 saturated heterocycles. The Morgan fingerprint density at radius 1 is 1.21 bits per heavy atom. The normalized spacial score (nSPS) is 31.6. The minimum Gasteiger partial charge on any atom is -0.387 e. The molecule has 108 valence electrons. The molecule has 0 bridgehead atoms. The third-order valence-corrected chi connectivity index (χ3v) is 6.15. The Morgan fingerprint density at radius 3 is 2.58 bits per heavy atom. The van der Waals surface area contributed by atoms with Crippen LogP contribution in [0.15, 0.2) is 9.98 Å². The highest BCUT2D eigenvalue weighted by Crippen LogP contribution is 2.25. The Morgan fingerprint density at radius 2 is 1.95 bits per heavy atom. The van der Waals surface area contributed by atoms with Crippen LogP contribution in [0.4, 0.5) is 0 Å². The van der Waals surface area contributed by atoms with Crippen molar-refractivity contribution in [2.75, 3.05) is 22.4 Å². The number of hydrogen-bond donors (Lipinski definition) is 1. The summed E-state index contributed by atoms with van der Waals surface area (Å²) in [5.41, 5.74) is 6.09. The summed E-state index contributed by atoms with van der Waals surface area (Å²) in [4.78, 5) is 11.7. The van der Waals surface area contributed by atoms with Crippen LogP contribution in [0.2, 0.25) is 0 Å². The molecule has 6 heteroatoms. The Bertz CT molecular complexity index is 370. The molecule has 0 radical (unpaired) electrons. The fraction of sp³-hybridized carbons (Fsp3) is 0.846. The van der Waals surface area contributed by atoms with E-state index in [9.17, 15) is 0 Å². The number of nitrogens with two attached hydrogens (primary N) is 1. The highest BCUT2D eigenvalue weighted by Gasteiger charge is 2.29. The number of aliphatic imine (C=N–C) groups is 2. The van der Waals surface area contributed by atoms with Gasteiger partial charge in [-0.25, -0.2) is 4.99 Å². The van der Waals surface area contributed by atoms with E-state index in [0.29, 0.717) is 11.8 Å². The maximum atomic E-state index is 6.09. The molecule has 0 spiro atoms. The third-order valence-electron chi connectivity index (χ3n) is 4.02. The fourth-order valence-corrected chi connectivity index (χ4v) is 4.49. The number of rotatable bonds is 3. The summed E-state index contributed by atoms with van der Waals surface area (Å²) in [5, 5.41) is 0. The van der Waals surface area contributed by atoms with Gasteiger partial charge >= 0.3 is 0 Å². The predicted octanol–water partition coefficient (Wildman–Crippen LogP) is 2.69. The van der Waals surface area contributed by atoms with Gasteiger partial charge in [0.05, 0.1) is 0 Å². The van der Waals surface area contributed by atoms with E-state index in [1.165, 1.54) is 18.7 Å². The average molecular weight is 488 g/mol. The van der Waals surface area contributed by atoms with Crippen LogP contribution in [-0.2, 0) is 0 Å². The van der Waals surface area contributed by atoms with E-state index in [1.807, 2.05) is 0 Å². The van der Waals surface area contributed by atoms with Crippen molar-refractivity contribution in [1.82, 2.24) is 4.90 Å². The second kappa shape index (κ2) is 7.42. The van der Waals surface area contributed by atoms with Crippen molar-refractivity contribution in [2.45, 2.75) is 31.8 Å². The molecule has 3 atom stereocenters. The van der Waals surface area contributed by atoms with Gasteiger partial charge in [-0.15, -0.1) is 0 Å². The van der Waals surface area contributed by atoms with E-state index in [-0.39, 0.29) is 6.17 Å². The summed E-state index contributed by atoms with van der Waals surface area (Å²) in [6, 6.07) is 0. The standard InChI is InChI=1S/C13H22I2N4/c1-19(13-10(8-15)3-2-6-17-13)11-5-4-9(7-14)12(16)18-11/h9-11H,2-8H2,1H3,(H2,16,18). The van der Waals surface area contributed by atoms with Gasteiger partial charge in [-0.3, -0.25) is 4.99 Å². The van der Waals surface area contributed by atoms with Crippen LogP contribution in [-0.4, -0.2) is 45.2 Å². The number of alkyl halides is 2. The molecule has 0 fully saturated rings. The van der Waals surface area contributed by atoms with Crippen molar-refractivity contribution in [3.63, 3.8) is 0 Å². The molecular formula is C13H22I2N4. The summed E-state index contributed by atoms with van der Waals surface area (Å²) in [6.07, 6.45) is 4.92. The van der Waals surface area contributed by atoms with E-state index in [4.69, 9.17) is 15.7 Å². The molecule has 0 aliphatic carbocycles. The molecule has 0 aromatic rings.